The molecule has 0 fully saturated rings. The first-order chi connectivity index (χ1) is 14.9. The summed E-state index contributed by atoms with van der Waals surface area (Å²) in [5.74, 6) is 0.200. The summed E-state index contributed by atoms with van der Waals surface area (Å²) in [5.41, 5.74) is 4.95. The molecule has 1 atom stereocenters. The third-order valence-electron chi connectivity index (χ3n) is 5.69. The first-order valence-electron chi connectivity index (χ1n) is 10.0. The number of nitrogens with one attached hydrogen (secondary N) is 1. The van der Waals surface area contributed by atoms with Gasteiger partial charge in [-0.1, -0.05) is 17.7 Å². The van der Waals surface area contributed by atoms with E-state index in [1.807, 2.05) is 25.2 Å². The number of allylic oxidation sites excluding steroid dienone is 5. The second-order valence-corrected chi connectivity index (χ2v) is 7.85. The van der Waals surface area contributed by atoms with Gasteiger partial charge in [-0.15, -0.1) is 0 Å². The second-order valence-electron chi connectivity index (χ2n) is 7.85. The van der Waals surface area contributed by atoms with E-state index in [-0.39, 0.29) is 11.7 Å². The molecule has 2 aliphatic heterocycles. The number of furan rings is 1. The van der Waals surface area contributed by atoms with Crippen LogP contribution in [0.1, 0.15) is 31.6 Å². The molecule has 0 saturated carbocycles. The van der Waals surface area contributed by atoms with Gasteiger partial charge in [-0.05, 0) is 51.0 Å². The average molecular weight is 420 g/mol. The molecule has 0 saturated heterocycles. The largest absolute Gasteiger partial charge is 0.494 e. The van der Waals surface area contributed by atoms with E-state index >= 15 is 0 Å². The smallest absolute Gasteiger partial charge is 0.265 e. The molecule has 1 amide bonds. The summed E-state index contributed by atoms with van der Waals surface area (Å²) in [4.78, 5) is 17.0. The Labute approximate surface area is 178 Å². The fourth-order valence-corrected chi connectivity index (χ4v) is 4.05. The van der Waals surface area contributed by atoms with Crippen LogP contribution in [0.2, 0.25) is 0 Å². The minimum atomic E-state index is -0.676. The minimum Gasteiger partial charge on any atom is -0.494 e. The molecule has 0 bridgehead atoms. The van der Waals surface area contributed by atoms with Crippen LogP contribution >= 0.6 is 0 Å². The molecule has 5 rings (SSSR count). The molecule has 1 N–H and O–H groups in total. The van der Waals surface area contributed by atoms with Gasteiger partial charge in [-0.2, -0.15) is 0 Å². The minimum absolute atomic E-state index is 0.150. The summed E-state index contributed by atoms with van der Waals surface area (Å²) in [6.07, 6.45) is 6.06. The molecule has 158 valence electrons. The van der Waals surface area contributed by atoms with Crippen molar-refractivity contribution in [1.29, 1.82) is 0 Å². The van der Waals surface area contributed by atoms with E-state index in [1.54, 1.807) is 19.9 Å². The van der Waals surface area contributed by atoms with E-state index in [2.05, 4.69) is 5.32 Å². The van der Waals surface area contributed by atoms with Crippen LogP contribution < -0.4 is 10.1 Å². The molecule has 1 aromatic heterocycles. The number of methoxy groups -OCH3 is 1. The summed E-state index contributed by atoms with van der Waals surface area (Å²) in [6, 6.07) is 3.21. The molecule has 1 aliphatic carbocycles. The van der Waals surface area contributed by atoms with Crippen molar-refractivity contribution in [3.8, 4) is 5.75 Å². The molecule has 31 heavy (non-hydrogen) atoms. The zero-order chi connectivity index (χ0) is 21.9. The van der Waals surface area contributed by atoms with Gasteiger partial charge in [0, 0.05) is 11.1 Å². The van der Waals surface area contributed by atoms with Gasteiger partial charge in [-0.25, -0.2) is 9.38 Å². The Bertz CT molecular complexity index is 1310. The predicted molar refractivity (Wildman–Crippen MR) is 114 cm³/mol. The van der Waals surface area contributed by atoms with Gasteiger partial charge < -0.3 is 19.2 Å². The van der Waals surface area contributed by atoms with E-state index in [1.165, 1.54) is 18.7 Å². The highest BCUT2D eigenvalue weighted by Crippen LogP contribution is 2.37. The Kier molecular flexibility index (Phi) is 4.36. The van der Waals surface area contributed by atoms with Gasteiger partial charge in [0.1, 0.15) is 17.0 Å². The maximum absolute atomic E-state index is 14.9. The maximum Gasteiger partial charge on any atom is 0.265 e. The number of ether oxygens (including phenoxy) is 2. The Morgan fingerprint density at radius 1 is 1.26 bits per heavy atom. The molecule has 7 heteroatoms. The number of hydrogen-bond donors (Lipinski definition) is 1. The van der Waals surface area contributed by atoms with Crippen molar-refractivity contribution in [3.63, 3.8) is 0 Å². The van der Waals surface area contributed by atoms with Gasteiger partial charge in [0.05, 0.1) is 12.5 Å². The zero-order valence-corrected chi connectivity index (χ0v) is 17.6. The lowest BCUT2D eigenvalue weighted by molar-refractivity contribution is -0.130. The van der Waals surface area contributed by atoms with Crippen LogP contribution in [-0.2, 0) is 9.53 Å². The van der Waals surface area contributed by atoms with Crippen LogP contribution in [0.25, 0.3) is 11.0 Å². The summed E-state index contributed by atoms with van der Waals surface area (Å²) < 4.78 is 31.9. The van der Waals surface area contributed by atoms with Gasteiger partial charge in [0.2, 0.25) is 5.88 Å². The number of hydrogen-bond acceptors (Lipinski definition) is 5. The number of rotatable bonds is 2. The number of amides is 1. The Balaban J connectivity index is 1.75. The van der Waals surface area contributed by atoms with Crippen molar-refractivity contribution in [2.75, 3.05) is 7.11 Å². The molecule has 2 aromatic rings. The predicted octanol–water partition coefficient (Wildman–Crippen LogP) is 4.60. The van der Waals surface area contributed by atoms with Crippen LogP contribution in [0.5, 0.6) is 5.75 Å². The number of halogens is 1. The highest BCUT2D eigenvalue weighted by molar-refractivity contribution is 6.12. The SMILES string of the molecule is COc1ccc2oc(C3=NC4=C(NC(=O)C(C)O4)C4=CCC(C)=CC4=C3)c(C)c2c1F. The van der Waals surface area contributed by atoms with Crippen LogP contribution in [-0.4, -0.2) is 24.8 Å². The van der Waals surface area contributed by atoms with E-state index in [0.29, 0.717) is 39.6 Å². The van der Waals surface area contributed by atoms with E-state index in [9.17, 15) is 9.18 Å². The number of aliphatic imine (C=N–C) groups is 1. The fourth-order valence-electron chi connectivity index (χ4n) is 4.05. The molecule has 0 radical (unpaired) electrons. The Morgan fingerprint density at radius 2 is 2.06 bits per heavy atom. The normalized spacial score (nSPS) is 20.5. The molecular weight excluding hydrogens is 399 g/mol. The van der Waals surface area contributed by atoms with Crippen molar-refractivity contribution in [2.45, 2.75) is 33.3 Å². The van der Waals surface area contributed by atoms with E-state index in [4.69, 9.17) is 18.9 Å². The van der Waals surface area contributed by atoms with Crippen molar-refractivity contribution >= 4 is 22.6 Å². The zero-order valence-electron chi connectivity index (χ0n) is 17.6. The number of benzene rings is 1. The fraction of sp³-hybridized carbons (Fsp3) is 0.250. The molecule has 0 spiro atoms. The van der Waals surface area contributed by atoms with E-state index < -0.39 is 11.9 Å². The second kappa shape index (κ2) is 6.97. The number of nitrogens with zero attached hydrogens (tertiary/aromatic N) is 1. The molecule has 1 unspecified atom stereocenters. The molecular formula is C24H21FN2O4. The lowest BCUT2D eigenvalue weighted by Crippen LogP contribution is -2.39. The molecule has 3 aliphatic rings. The van der Waals surface area contributed by atoms with Crippen molar-refractivity contribution in [1.82, 2.24) is 5.32 Å². The number of carbonyl (C=O) groups is 1. The lowest BCUT2D eigenvalue weighted by Gasteiger charge is -2.26. The summed E-state index contributed by atoms with van der Waals surface area (Å²) in [7, 11) is 1.43. The van der Waals surface area contributed by atoms with Gasteiger partial charge in [0.25, 0.3) is 5.91 Å². The summed E-state index contributed by atoms with van der Waals surface area (Å²) >= 11 is 0. The summed E-state index contributed by atoms with van der Waals surface area (Å²) in [5, 5.41) is 3.28. The van der Waals surface area contributed by atoms with Gasteiger partial charge >= 0.3 is 0 Å². The lowest BCUT2D eigenvalue weighted by atomic mass is 9.91. The van der Waals surface area contributed by atoms with Crippen molar-refractivity contribution in [2.24, 2.45) is 4.99 Å². The third-order valence-corrected chi connectivity index (χ3v) is 5.69. The van der Waals surface area contributed by atoms with E-state index in [0.717, 1.165) is 17.6 Å². The standard InChI is InChI=1S/C24H21FN2O4/c1-11-5-6-15-14(9-11)10-16(26-24-21(15)27-23(28)13(3)30-24)22-12(2)19-17(31-22)7-8-18(29-4)20(19)25/h6-10,13H,5H2,1-4H3,(H,27,28). The first-order valence-corrected chi connectivity index (χ1v) is 10.0. The van der Waals surface area contributed by atoms with Crippen LogP contribution in [0.15, 0.2) is 68.1 Å². The van der Waals surface area contributed by atoms with Gasteiger partial charge in [-0.3, -0.25) is 4.79 Å². The van der Waals surface area contributed by atoms with Crippen LogP contribution in [0, 0.1) is 12.7 Å². The number of aryl methyl sites for hydroxylation is 1. The first kappa shape index (κ1) is 19.4. The molecule has 3 heterocycles. The number of carbonyl (C=O) groups excluding carboxylic acids is 1. The highest BCUT2D eigenvalue weighted by Gasteiger charge is 2.32. The monoisotopic (exact) mass is 420 g/mol. The summed E-state index contributed by atoms with van der Waals surface area (Å²) in [6.45, 7) is 5.49. The third kappa shape index (κ3) is 3.00. The highest BCUT2D eigenvalue weighted by atomic mass is 19.1. The Hall–Kier alpha value is -3.61. The van der Waals surface area contributed by atoms with Crippen LogP contribution in [0.3, 0.4) is 0 Å². The molecule has 1 aromatic carbocycles. The van der Waals surface area contributed by atoms with Crippen molar-refractivity contribution in [3.05, 3.63) is 75.8 Å². The quantitative estimate of drug-likeness (QED) is 0.771. The van der Waals surface area contributed by atoms with Crippen molar-refractivity contribution < 1.29 is 23.1 Å². The average Bonchev–Trinajstić information content (AvgIpc) is 3.00. The molecule has 6 nitrogen and oxygen atoms in total. The van der Waals surface area contributed by atoms with Gasteiger partial charge in [0.15, 0.2) is 23.4 Å². The van der Waals surface area contributed by atoms with Crippen LogP contribution in [0.4, 0.5) is 4.39 Å². The number of fused-ring (bicyclic) bond motifs is 3. The topological polar surface area (TPSA) is 73.1 Å². The maximum atomic E-state index is 14.9. The Morgan fingerprint density at radius 3 is 2.84 bits per heavy atom.